The van der Waals surface area contributed by atoms with E-state index in [4.69, 9.17) is 14.2 Å². The summed E-state index contributed by atoms with van der Waals surface area (Å²) in [5.41, 5.74) is 1.57. The SMILES string of the molecule is COC(=O)c1ccccc1NC(=O)Cc1ccc(Oc2ccc(OC3CCCC3)cc2)cc1. The first kappa shape index (κ1) is 22.4. The minimum Gasteiger partial charge on any atom is -0.490 e. The fourth-order valence-corrected chi connectivity index (χ4v) is 3.86. The van der Waals surface area contributed by atoms with E-state index < -0.39 is 5.97 Å². The van der Waals surface area contributed by atoms with Crippen LogP contribution in [0.1, 0.15) is 41.6 Å². The lowest BCUT2D eigenvalue weighted by molar-refractivity contribution is -0.115. The highest BCUT2D eigenvalue weighted by Crippen LogP contribution is 2.28. The zero-order valence-electron chi connectivity index (χ0n) is 18.6. The first-order valence-corrected chi connectivity index (χ1v) is 11.1. The van der Waals surface area contributed by atoms with Crippen LogP contribution >= 0.6 is 0 Å². The van der Waals surface area contributed by atoms with E-state index in [0.717, 1.165) is 29.9 Å². The Bertz CT molecular complexity index is 1090. The maximum Gasteiger partial charge on any atom is 0.339 e. The molecule has 0 bridgehead atoms. The predicted molar refractivity (Wildman–Crippen MR) is 126 cm³/mol. The first-order chi connectivity index (χ1) is 16.1. The van der Waals surface area contributed by atoms with Gasteiger partial charge in [-0.2, -0.15) is 0 Å². The molecule has 3 aromatic carbocycles. The van der Waals surface area contributed by atoms with Crippen molar-refractivity contribution in [1.29, 1.82) is 0 Å². The van der Waals surface area contributed by atoms with Crippen molar-refractivity contribution in [3.8, 4) is 17.2 Å². The molecule has 1 aliphatic carbocycles. The molecule has 0 radical (unpaired) electrons. The topological polar surface area (TPSA) is 73.9 Å². The first-order valence-electron chi connectivity index (χ1n) is 11.1. The van der Waals surface area contributed by atoms with Crippen molar-refractivity contribution in [2.24, 2.45) is 0 Å². The molecule has 1 aliphatic rings. The zero-order chi connectivity index (χ0) is 23.0. The van der Waals surface area contributed by atoms with Crippen LogP contribution in [-0.2, 0) is 16.0 Å². The van der Waals surface area contributed by atoms with Gasteiger partial charge in [0.05, 0.1) is 30.9 Å². The normalized spacial score (nSPS) is 13.4. The Labute approximate surface area is 193 Å². The molecule has 0 spiro atoms. The van der Waals surface area contributed by atoms with E-state index in [1.807, 2.05) is 48.5 Å². The van der Waals surface area contributed by atoms with Gasteiger partial charge < -0.3 is 19.5 Å². The summed E-state index contributed by atoms with van der Waals surface area (Å²) < 4.78 is 16.7. The van der Waals surface area contributed by atoms with E-state index >= 15 is 0 Å². The number of esters is 1. The predicted octanol–water partition coefficient (Wildman–Crippen LogP) is 5.77. The van der Waals surface area contributed by atoms with Crippen LogP contribution in [-0.4, -0.2) is 25.1 Å². The summed E-state index contributed by atoms with van der Waals surface area (Å²) in [6, 6.07) is 21.7. The van der Waals surface area contributed by atoms with Crippen molar-refractivity contribution in [1.82, 2.24) is 0 Å². The molecule has 4 rings (SSSR count). The van der Waals surface area contributed by atoms with Gasteiger partial charge in [-0.25, -0.2) is 4.79 Å². The molecule has 33 heavy (non-hydrogen) atoms. The third kappa shape index (κ3) is 6.13. The number of nitrogens with one attached hydrogen (secondary N) is 1. The standard InChI is InChI=1S/C27H27NO5/c1-31-27(30)24-8-4-5-9-25(24)28-26(29)18-19-10-12-21(13-11-19)33-23-16-14-22(15-17-23)32-20-6-2-3-7-20/h4-5,8-17,20H,2-3,6-7,18H2,1H3,(H,28,29). The van der Waals surface area contributed by atoms with Gasteiger partial charge in [0.2, 0.25) is 5.91 Å². The molecule has 3 aromatic rings. The molecule has 6 heteroatoms. The van der Waals surface area contributed by atoms with E-state index in [1.165, 1.54) is 20.0 Å². The summed E-state index contributed by atoms with van der Waals surface area (Å²) in [5.74, 6) is 1.55. The van der Waals surface area contributed by atoms with Crippen molar-refractivity contribution >= 4 is 17.6 Å². The number of hydrogen-bond donors (Lipinski definition) is 1. The smallest absolute Gasteiger partial charge is 0.339 e. The Balaban J connectivity index is 1.31. The summed E-state index contributed by atoms with van der Waals surface area (Å²) in [4.78, 5) is 24.3. The maximum atomic E-state index is 12.5. The van der Waals surface area contributed by atoms with Crippen LogP contribution in [0, 0.1) is 0 Å². The molecular weight excluding hydrogens is 418 g/mol. The second kappa shape index (κ2) is 10.7. The Morgan fingerprint density at radius 2 is 1.45 bits per heavy atom. The van der Waals surface area contributed by atoms with E-state index in [1.54, 1.807) is 24.3 Å². The largest absolute Gasteiger partial charge is 0.490 e. The van der Waals surface area contributed by atoms with Gasteiger partial charge in [0.25, 0.3) is 0 Å². The summed E-state index contributed by atoms with van der Waals surface area (Å²) >= 11 is 0. The van der Waals surface area contributed by atoms with Gasteiger partial charge in [-0.05, 0) is 79.8 Å². The van der Waals surface area contributed by atoms with Crippen molar-refractivity contribution in [3.05, 3.63) is 83.9 Å². The Morgan fingerprint density at radius 3 is 2.12 bits per heavy atom. The van der Waals surface area contributed by atoms with Crippen LogP contribution in [0.25, 0.3) is 0 Å². The molecule has 0 aromatic heterocycles. The third-order valence-electron chi connectivity index (χ3n) is 5.56. The fourth-order valence-electron chi connectivity index (χ4n) is 3.86. The van der Waals surface area contributed by atoms with Crippen LogP contribution in [0.2, 0.25) is 0 Å². The minimum atomic E-state index is -0.495. The second-order valence-corrected chi connectivity index (χ2v) is 8.00. The molecule has 0 atom stereocenters. The molecule has 0 aliphatic heterocycles. The molecule has 1 fully saturated rings. The molecule has 1 saturated carbocycles. The number of anilines is 1. The maximum absolute atomic E-state index is 12.5. The third-order valence-corrected chi connectivity index (χ3v) is 5.56. The van der Waals surface area contributed by atoms with Crippen LogP contribution in [0.15, 0.2) is 72.8 Å². The van der Waals surface area contributed by atoms with Crippen molar-refractivity contribution in [2.75, 3.05) is 12.4 Å². The summed E-state index contributed by atoms with van der Waals surface area (Å²) in [6.45, 7) is 0. The summed E-state index contributed by atoms with van der Waals surface area (Å²) in [5, 5.41) is 2.78. The van der Waals surface area contributed by atoms with Crippen LogP contribution in [0.4, 0.5) is 5.69 Å². The van der Waals surface area contributed by atoms with Gasteiger partial charge >= 0.3 is 5.97 Å². The summed E-state index contributed by atoms with van der Waals surface area (Å²) in [6.07, 6.45) is 5.23. The molecule has 0 unspecified atom stereocenters. The number of carbonyl (C=O) groups excluding carboxylic acids is 2. The van der Waals surface area contributed by atoms with Gasteiger partial charge in [0, 0.05) is 0 Å². The van der Waals surface area contributed by atoms with Crippen molar-refractivity contribution in [3.63, 3.8) is 0 Å². The number of rotatable bonds is 8. The molecule has 6 nitrogen and oxygen atoms in total. The average molecular weight is 446 g/mol. The zero-order valence-corrected chi connectivity index (χ0v) is 18.6. The van der Waals surface area contributed by atoms with E-state index in [2.05, 4.69) is 5.32 Å². The Kier molecular flexibility index (Phi) is 7.25. The number of amides is 1. The molecule has 1 N–H and O–H groups in total. The lowest BCUT2D eigenvalue weighted by Crippen LogP contribution is -2.17. The van der Waals surface area contributed by atoms with Gasteiger partial charge in [-0.15, -0.1) is 0 Å². The quantitative estimate of drug-likeness (QED) is 0.446. The highest BCUT2D eigenvalue weighted by atomic mass is 16.5. The van der Waals surface area contributed by atoms with Gasteiger partial charge in [0.15, 0.2) is 0 Å². The lowest BCUT2D eigenvalue weighted by Gasteiger charge is -2.13. The van der Waals surface area contributed by atoms with Crippen molar-refractivity contribution < 1.29 is 23.8 Å². The van der Waals surface area contributed by atoms with E-state index in [-0.39, 0.29) is 12.3 Å². The minimum absolute atomic E-state index is 0.170. The van der Waals surface area contributed by atoms with Gasteiger partial charge in [-0.3, -0.25) is 4.79 Å². The van der Waals surface area contributed by atoms with Gasteiger partial charge in [0.1, 0.15) is 17.2 Å². The number of para-hydroxylation sites is 1. The number of carbonyl (C=O) groups is 2. The van der Waals surface area contributed by atoms with Crippen LogP contribution in [0.3, 0.4) is 0 Å². The Morgan fingerprint density at radius 1 is 0.848 bits per heavy atom. The number of ether oxygens (including phenoxy) is 3. The molecule has 0 heterocycles. The summed E-state index contributed by atoms with van der Waals surface area (Å²) in [7, 11) is 1.31. The van der Waals surface area contributed by atoms with Crippen LogP contribution in [0.5, 0.6) is 17.2 Å². The monoisotopic (exact) mass is 445 g/mol. The molecular formula is C27H27NO5. The number of methoxy groups -OCH3 is 1. The highest BCUT2D eigenvalue weighted by molar-refractivity contribution is 6.01. The molecule has 0 saturated heterocycles. The van der Waals surface area contributed by atoms with Gasteiger partial charge in [-0.1, -0.05) is 24.3 Å². The number of benzene rings is 3. The van der Waals surface area contributed by atoms with Crippen LogP contribution < -0.4 is 14.8 Å². The molecule has 1 amide bonds. The average Bonchev–Trinajstić information content (AvgIpc) is 3.34. The fraction of sp³-hybridized carbons (Fsp3) is 0.259. The Hall–Kier alpha value is -3.80. The highest BCUT2D eigenvalue weighted by Gasteiger charge is 2.16. The molecule has 170 valence electrons. The second-order valence-electron chi connectivity index (χ2n) is 8.00. The van der Waals surface area contributed by atoms with E-state index in [0.29, 0.717) is 23.1 Å². The number of hydrogen-bond acceptors (Lipinski definition) is 5. The van der Waals surface area contributed by atoms with E-state index in [9.17, 15) is 9.59 Å². The lowest BCUT2D eigenvalue weighted by atomic mass is 10.1. The van der Waals surface area contributed by atoms with Crippen molar-refractivity contribution in [2.45, 2.75) is 38.2 Å².